The van der Waals surface area contributed by atoms with Gasteiger partial charge in [0.2, 0.25) is 0 Å². The highest BCUT2D eigenvalue weighted by atomic mass is 32.1. The Bertz CT molecular complexity index is 336. The van der Waals surface area contributed by atoms with Gasteiger partial charge in [-0.25, -0.2) is 4.98 Å². The average Bonchev–Trinajstić information content (AvgIpc) is 2.65. The summed E-state index contributed by atoms with van der Waals surface area (Å²) in [6.07, 6.45) is 0. The number of thiocarbonyl (C=S) groups is 1. The standard InChI is InChI=1S/C9H13N3S2/c1-9(7-3-14-6-11-7)4-12(2)5-10-8(9)13/h3,6H,4-5H2,1-2H3,(H,10,13). The molecular weight excluding hydrogens is 214 g/mol. The Hall–Kier alpha value is -0.520. The molecule has 1 aromatic heterocycles. The summed E-state index contributed by atoms with van der Waals surface area (Å²) < 4.78 is 0. The molecule has 1 aliphatic heterocycles. The second-order valence-corrected chi connectivity index (χ2v) is 5.01. The molecule has 2 rings (SSSR count). The van der Waals surface area contributed by atoms with Crippen LogP contribution in [0.1, 0.15) is 12.6 Å². The molecule has 0 amide bonds. The molecule has 2 heterocycles. The van der Waals surface area contributed by atoms with Crippen LogP contribution in [0, 0.1) is 0 Å². The number of hydrogen-bond acceptors (Lipinski definition) is 4. The van der Waals surface area contributed by atoms with Crippen molar-refractivity contribution in [2.45, 2.75) is 12.3 Å². The van der Waals surface area contributed by atoms with Crippen molar-refractivity contribution in [3.63, 3.8) is 0 Å². The van der Waals surface area contributed by atoms with Crippen molar-refractivity contribution < 1.29 is 0 Å². The van der Waals surface area contributed by atoms with E-state index >= 15 is 0 Å². The van der Waals surface area contributed by atoms with E-state index < -0.39 is 0 Å². The van der Waals surface area contributed by atoms with Gasteiger partial charge in [-0.2, -0.15) is 0 Å². The molecule has 0 bridgehead atoms. The van der Waals surface area contributed by atoms with Crippen LogP contribution in [0.2, 0.25) is 0 Å². The van der Waals surface area contributed by atoms with Crippen LogP contribution in [0.15, 0.2) is 10.9 Å². The highest BCUT2D eigenvalue weighted by Crippen LogP contribution is 2.27. The summed E-state index contributed by atoms with van der Waals surface area (Å²) in [6.45, 7) is 3.91. The molecule has 1 unspecified atom stereocenters. The average molecular weight is 227 g/mol. The lowest BCUT2D eigenvalue weighted by Crippen LogP contribution is -2.56. The quantitative estimate of drug-likeness (QED) is 0.730. The molecule has 1 N–H and O–H groups in total. The van der Waals surface area contributed by atoms with Crippen molar-refractivity contribution in [3.05, 3.63) is 16.6 Å². The second-order valence-electron chi connectivity index (χ2n) is 3.88. The van der Waals surface area contributed by atoms with E-state index in [4.69, 9.17) is 12.2 Å². The summed E-state index contributed by atoms with van der Waals surface area (Å²) in [6, 6.07) is 0. The first-order chi connectivity index (χ1) is 6.63. The van der Waals surface area contributed by atoms with Gasteiger partial charge >= 0.3 is 0 Å². The van der Waals surface area contributed by atoms with Crippen molar-refractivity contribution in [2.75, 3.05) is 20.3 Å². The van der Waals surface area contributed by atoms with Gasteiger partial charge in [-0.15, -0.1) is 11.3 Å². The smallest absolute Gasteiger partial charge is 0.0897 e. The summed E-state index contributed by atoms with van der Waals surface area (Å²) in [5.41, 5.74) is 2.81. The topological polar surface area (TPSA) is 28.2 Å². The molecule has 14 heavy (non-hydrogen) atoms. The van der Waals surface area contributed by atoms with Gasteiger partial charge in [0, 0.05) is 11.9 Å². The molecule has 76 valence electrons. The van der Waals surface area contributed by atoms with E-state index in [2.05, 4.69) is 34.6 Å². The van der Waals surface area contributed by atoms with Gasteiger partial charge in [0.1, 0.15) is 0 Å². The number of hydrogen-bond donors (Lipinski definition) is 1. The minimum Gasteiger partial charge on any atom is -0.366 e. The Balaban J connectivity index is 2.33. The maximum Gasteiger partial charge on any atom is 0.0897 e. The van der Waals surface area contributed by atoms with E-state index in [1.807, 2.05) is 5.51 Å². The molecule has 1 atom stereocenters. The molecular formula is C9H13N3S2. The molecule has 5 heteroatoms. The van der Waals surface area contributed by atoms with E-state index in [1.54, 1.807) is 11.3 Å². The van der Waals surface area contributed by atoms with Gasteiger partial charge in [0.05, 0.1) is 28.3 Å². The summed E-state index contributed by atoms with van der Waals surface area (Å²) in [4.78, 5) is 7.48. The van der Waals surface area contributed by atoms with E-state index in [1.165, 1.54) is 0 Å². The summed E-state index contributed by atoms with van der Waals surface area (Å²) in [5, 5.41) is 5.31. The first kappa shape index (κ1) is 10.0. The Kier molecular flexibility index (Phi) is 2.55. The molecule has 1 aromatic rings. The van der Waals surface area contributed by atoms with Crippen LogP contribution in [0.3, 0.4) is 0 Å². The predicted octanol–water partition coefficient (Wildman–Crippen LogP) is 1.22. The first-order valence-electron chi connectivity index (χ1n) is 4.48. The van der Waals surface area contributed by atoms with Gasteiger partial charge in [0.15, 0.2) is 0 Å². The first-order valence-corrected chi connectivity index (χ1v) is 5.83. The maximum atomic E-state index is 5.37. The van der Waals surface area contributed by atoms with E-state index in [0.717, 1.165) is 23.9 Å². The SMILES string of the molecule is CN1CNC(=S)C(C)(c2cscn2)C1. The minimum atomic E-state index is -0.123. The lowest BCUT2D eigenvalue weighted by molar-refractivity contribution is 0.258. The fourth-order valence-corrected chi connectivity index (χ4v) is 2.67. The van der Waals surface area contributed by atoms with Crippen LogP contribution in [0.5, 0.6) is 0 Å². The van der Waals surface area contributed by atoms with Gasteiger partial charge in [-0.3, -0.25) is 4.90 Å². The Morgan fingerprint density at radius 1 is 1.71 bits per heavy atom. The number of likely N-dealkylation sites (N-methyl/N-ethyl adjacent to an activating group) is 1. The number of aromatic nitrogens is 1. The van der Waals surface area contributed by atoms with Crippen LogP contribution >= 0.6 is 23.6 Å². The Morgan fingerprint density at radius 3 is 3.14 bits per heavy atom. The third-order valence-corrected chi connectivity index (χ3v) is 3.78. The normalized spacial score (nSPS) is 28.9. The molecule has 0 aromatic carbocycles. The molecule has 0 radical (unpaired) electrons. The summed E-state index contributed by atoms with van der Waals surface area (Å²) in [5.74, 6) is 0. The fraction of sp³-hybridized carbons (Fsp3) is 0.556. The molecule has 0 spiro atoms. The maximum absolute atomic E-state index is 5.37. The van der Waals surface area contributed by atoms with Crippen molar-refractivity contribution in [1.82, 2.24) is 15.2 Å². The molecule has 1 saturated heterocycles. The molecule has 1 fully saturated rings. The van der Waals surface area contributed by atoms with Gasteiger partial charge in [0.25, 0.3) is 0 Å². The summed E-state index contributed by atoms with van der Waals surface area (Å²) in [7, 11) is 2.08. The van der Waals surface area contributed by atoms with Crippen LogP contribution in [0.4, 0.5) is 0 Å². The van der Waals surface area contributed by atoms with E-state index in [-0.39, 0.29) is 5.41 Å². The van der Waals surface area contributed by atoms with Gasteiger partial charge < -0.3 is 5.32 Å². The van der Waals surface area contributed by atoms with Crippen LogP contribution in [0.25, 0.3) is 0 Å². The van der Waals surface area contributed by atoms with Gasteiger partial charge in [-0.1, -0.05) is 12.2 Å². The zero-order valence-corrected chi connectivity index (χ0v) is 9.91. The third kappa shape index (κ3) is 1.55. The number of thiazole rings is 1. The lowest BCUT2D eigenvalue weighted by Gasteiger charge is -2.39. The number of rotatable bonds is 1. The predicted molar refractivity (Wildman–Crippen MR) is 62.7 cm³/mol. The van der Waals surface area contributed by atoms with Crippen LogP contribution in [-0.2, 0) is 5.41 Å². The highest BCUT2D eigenvalue weighted by Gasteiger charge is 2.37. The van der Waals surface area contributed by atoms with Crippen LogP contribution in [-0.4, -0.2) is 35.1 Å². The fourth-order valence-electron chi connectivity index (χ4n) is 1.75. The Labute approximate surface area is 93.1 Å². The monoisotopic (exact) mass is 227 g/mol. The van der Waals surface area contributed by atoms with Crippen molar-refractivity contribution in [1.29, 1.82) is 0 Å². The van der Waals surface area contributed by atoms with Crippen LogP contribution < -0.4 is 5.32 Å². The highest BCUT2D eigenvalue weighted by molar-refractivity contribution is 7.80. The van der Waals surface area contributed by atoms with Crippen molar-refractivity contribution in [3.8, 4) is 0 Å². The third-order valence-electron chi connectivity index (χ3n) is 2.59. The van der Waals surface area contributed by atoms with Crippen molar-refractivity contribution in [2.24, 2.45) is 0 Å². The Morgan fingerprint density at radius 2 is 2.50 bits per heavy atom. The summed E-state index contributed by atoms with van der Waals surface area (Å²) >= 11 is 6.99. The van der Waals surface area contributed by atoms with Gasteiger partial charge in [-0.05, 0) is 14.0 Å². The molecule has 1 aliphatic rings. The van der Waals surface area contributed by atoms with E-state index in [0.29, 0.717) is 0 Å². The number of nitrogens with zero attached hydrogens (tertiary/aromatic N) is 2. The molecule has 0 saturated carbocycles. The lowest BCUT2D eigenvalue weighted by atomic mass is 9.85. The number of nitrogens with one attached hydrogen (secondary N) is 1. The zero-order chi connectivity index (χ0) is 10.2. The second kappa shape index (κ2) is 3.56. The van der Waals surface area contributed by atoms with Crippen molar-refractivity contribution >= 4 is 28.5 Å². The largest absolute Gasteiger partial charge is 0.366 e. The van der Waals surface area contributed by atoms with E-state index in [9.17, 15) is 0 Å². The molecule has 3 nitrogen and oxygen atoms in total. The zero-order valence-electron chi connectivity index (χ0n) is 8.28. The minimum absolute atomic E-state index is 0.123. The molecule has 0 aliphatic carbocycles.